The third-order valence-electron chi connectivity index (χ3n) is 5.43. The lowest BCUT2D eigenvalue weighted by atomic mass is 9.87. The number of ether oxygens (including phenoxy) is 1. The number of furan rings is 1. The number of amides is 1. The number of halogens is 3. The van der Waals surface area contributed by atoms with Crippen molar-refractivity contribution in [1.82, 2.24) is 0 Å². The van der Waals surface area contributed by atoms with E-state index in [1.54, 1.807) is 19.1 Å². The van der Waals surface area contributed by atoms with Gasteiger partial charge in [0, 0.05) is 21.5 Å². The van der Waals surface area contributed by atoms with Crippen molar-refractivity contribution in [2.75, 3.05) is 5.32 Å². The molecule has 1 aliphatic heterocycles. The fourth-order valence-electron chi connectivity index (χ4n) is 3.66. The first kappa shape index (κ1) is 20.5. The van der Waals surface area contributed by atoms with Gasteiger partial charge in [-0.2, -0.15) is 0 Å². The van der Waals surface area contributed by atoms with Gasteiger partial charge in [-0.15, -0.1) is 0 Å². The number of carbonyl (C=O) groups is 2. The van der Waals surface area contributed by atoms with Gasteiger partial charge < -0.3 is 14.5 Å². The second-order valence-electron chi connectivity index (χ2n) is 7.57. The zero-order valence-corrected chi connectivity index (χ0v) is 18.1. The monoisotopic (exact) mass is 477 g/mol. The van der Waals surface area contributed by atoms with Gasteiger partial charge in [-0.05, 0) is 54.4 Å². The minimum Gasteiger partial charge on any atom is -0.486 e. The van der Waals surface area contributed by atoms with E-state index in [0.29, 0.717) is 40.3 Å². The minimum atomic E-state index is -0.927. The first-order chi connectivity index (χ1) is 14.1. The molecule has 0 saturated carbocycles. The molecule has 1 N–H and O–H groups in total. The topological polar surface area (TPSA) is 68.5 Å². The quantitative estimate of drug-likeness (QED) is 0.489. The van der Waals surface area contributed by atoms with E-state index in [4.69, 9.17) is 9.15 Å². The number of anilines is 1. The molecule has 2 heterocycles. The van der Waals surface area contributed by atoms with Gasteiger partial charge in [0.05, 0.1) is 17.7 Å². The van der Waals surface area contributed by atoms with Crippen molar-refractivity contribution in [3.05, 3.63) is 57.3 Å². The number of hydrogen-bond donors (Lipinski definition) is 1. The van der Waals surface area contributed by atoms with E-state index < -0.39 is 23.1 Å². The zero-order valence-electron chi connectivity index (χ0n) is 16.5. The largest absolute Gasteiger partial charge is 0.486 e. The predicted molar refractivity (Wildman–Crippen MR) is 111 cm³/mol. The van der Waals surface area contributed by atoms with Gasteiger partial charge in [0.2, 0.25) is 0 Å². The van der Waals surface area contributed by atoms with Crippen molar-refractivity contribution in [3.8, 4) is 5.75 Å². The summed E-state index contributed by atoms with van der Waals surface area (Å²) in [5.41, 5.74) is 0.388. The molecule has 2 aromatic carbocycles. The van der Waals surface area contributed by atoms with E-state index in [0.717, 1.165) is 6.07 Å². The molecule has 1 unspecified atom stereocenters. The van der Waals surface area contributed by atoms with Crippen LogP contribution in [0.1, 0.15) is 53.2 Å². The Labute approximate surface area is 179 Å². The highest BCUT2D eigenvalue weighted by Crippen LogP contribution is 2.41. The van der Waals surface area contributed by atoms with Crippen molar-refractivity contribution >= 4 is 44.3 Å². The Morgan fingerprint density at radius 1 is 1.30 bits per heavy atom. The summed E-state index contributed by atoms with van der Waals surface area (Å²) in [7, 11) is 0. The normalized spacial score (nSPS) is 18.3. The molecule has 3 aromatic rings. The number of rotatable bonds is 3. The van der Waals surface area contributed by atoms with Gasteiger partial charge in [0.15, 0.2) is 17.4 Å². The Balaban J connectivity index is 1.78. The van der Waals surface area contributed by atoms with Crippen LogP contribution in [0.4, 0.5) is 14.5 Å². The van der Waals surface area contributed by atoms with E-state index >= 15 is 0 Å². The number of nitrogens with one attached hydrogen (secondary N) is 1. The van der Waals surface area contributed by atoms with Crippen LogP contribution < -0.4 is 10.1 Å². The van der Waals surface area contributed by atoms with E-state index in [9.17, 15) is 18.4 Å². The van der Waals surface area contributed by atoms with Crippen LogP contribution in [-0.4, -0.2) is 17.3 Å². The fraction of sp³-hybridized carbons (Fsp3) is 0.273. The van der Waals surface area contributed by atoms with Crippen molar-refractivity contribution in [2.45, 2.75) is 39.2 Å². The van der Waals surface area contributed by atoms with E-state index in [1.807, 2.05) is 13.8 Å². The first-order valence-electron chi connectivity index (χ1n) is 9.37. The first-order valence-corrected chi connectivity index (χ1v) is 10.2. The Bertz CT molecular complexity index is 1200. The Morgan fingerprint density at radius 3 is 2.70 bits per heavy atom. The molecule has 1 aromatic heterocycles. The molecular weight excluding hydrogens is 460 g/mol. The molecule has 5 nitrogen and oxygen atoms in total. The molecule has 0 saturated heterocycles. The van der Waals surface area contributed by atoms with E-state index in [2.05, 4.69) is 21.2 Å². The summed E-state index contributed by atoms with van der Waals surface area (Å²) in [5, 5.41) is 2.90. The molecule has 0 spiro atoms. The van der Waals surface area contributed by atoms with Crippen molar-refractivity contribution in [2.24, 2.45) is 0 Å². The summed E-state index contributed by atoms with van der Waals surface area (Å²) in [6, 6.07) is 5.01. The number of carbonyl (C=O) groups excluding carboxylic acids is 2. The Kier molecular flexibility index (Phi) is 4.92. The third kappa shape index (κ3) is 3.29. The highest BCUT2D eigenvalue weighted by Gasteiger charge is 2.37. The molecule has 30 heavy (non-hydrogen) atoms. The van der Waals surface area contributed by atoms with Crippen LogP contribution in [0.15, 0.2) is 33.2 Å². The number of aryl methyl sites for hydroxylation is 1. The van der Waals surface area contributed by atoms with Crippen LogP contribution in [0.2, 0.25) is 0 Å². The number of benzene rings is 2. The summed E-state index contributed by atoms with van der Waals surface area (Å²) in [5.74, 6) is -2.12. The summed E-state index contributed by atoms with van der Waals surface area (Å²) < 4.78 is 39.2. The molecular formula is C22H18BrF2NO4. The van der Waals surface area contributed by atoms with Crippen molar-refractivity contribution in [3.63, 3.8) is 0 Å². The number of hydrogen-bond acceptors (Lipinski definition) is 4. The summed E-state index contributed by atoms with van der Waals surface area (Å²) in [6.45, 7) is 5.49. The van der Waals surface area contributed by atoms with Crippen LogP contribution >= 0.6 is 15.9 Å². The summed E-state index contributed by atoms with van der Waals surface area (Å²) >= 11 is 3.04. The van der Waals surface area contributed by atoms with Crippen molar-refractivity contribution in [1.29, 1.82) is 0 Å². The second-order valence-corrected chi connectivity index (χ2v) is 8.43. The maximum atomic E-state index is 14.1. The smallest absolute Gasteiger partial charge is 0.291 e. The summed E-state index contributed by atoms with van der Waals surface area (Å²) in [4.78, 5) is 25.7. The molecule has 1 atom stereocenters. The summed E-state index contributed by atoms with van der Waals surface area (Å²) in [6.07, 6.45) is 0.891. The van der Waals surface area contributed by atoms with Gasteiger partial charge in [0.1, 0.15) is 22.8 Å². The second kappa shape index (κ2) is 7.19. The maximum Gasteiger partial charge on any atom is 0.291 e. The Morgan fingerprint density at radius 2 is 2.03 bits per heavy atom. The number of Topliss-reactive ketones (excluding diaryl/α,β-unsaturated/α-hetero) is 1. The molecule has 0 fully saturated rings. The van der Waals surface area contributed by atoms with Crippen molar-refractivity contribution < 1.29 is 27.5 Å². The molecule has 8 heteroatoms. The SMILES string of the molecule is CCC1(C)CC(=O)c2c(ccc3oc(C(=O)Nc4c(F)cc(F)cc4Br)c(C)c23)O1. The molecule has 0 bridgehead atoms. The highest BCUT2D eigenvalue weighted by atomic mass is 79.9. The lowest BCUT2D eigenvalue weighted by Gasteiger charge is -2.34. The van der Waals surface area contributed by atoms with Crippen LogP contribution in [0.25, 0.3) is 11.0 Å². The van der Waals surface area contributed by atoms with Gasteiger partial charge in [-0.25, -0.2) is 8.78 Å². The molecule has 1 amide bonds. The Hall–Kier alpha value is -2.74. The van der Waals surface area contributed by atoms with Crippen LogP contribution in [0.5, 0.6) is 5.75 Å². The van der Waals surface area contributed by atoms with E-state index in [-0.39, 0.29) is 28.1 Å². The average molecular weight is 478 g/mol. The zero-order chi connectivity index (χ0) is 21.8. The third-order valence-corrected chi connectivity index (χ3v) is 6.05. The lowest BCUT2D eigenvalue weighted by molar-refractivity contribution is 0.0503. The lowest BCUT2D eigenvalue weighted by Crippen LogP contribution is -2.38. The van der Waals surface area contributed by atoms with Gasteiger partial charge in [0.25, 0.3) is 5.91 Å². The molecule has 4 rings (SSSR count). The van der Waals surface area contributed by atoms with Crippen LogP contribution in [-0.2, 0) is 0 Å². The molecule has 156 valence electrons. The van der Waals surface area contributed by atoms with Gasteiger partial charge in [-0.3, -0.25) is 9.59 Å². The number of fused-ring (bicyclic) bond motifs is 3. The van der Waals surface area contributed by atoms with Crippen LogP contribution in [0.3, 0.4) is 0 Å². The molecule has 0 aliphatic carbocycles. The minimum absolute atomic E-state index is 0.0573. The standard InChI is InChI=1S/C22H18BrF2NO4/c1-4-22(3)9-14(27)18-16(30-22)6-5-15-17(18)10(2)20(29-15)21(28)26-19-12(23)7-11(24)8-13(19)25/h5-8H,4,9H2,1-3H3,(H,26,28). The van der Waals surface area contributed by atoms with Gasteiger partial charge >= 0.3 is 0 Å². The van der Waals surface area contributed by atoms with Crippen LogP contribution in [0, 0.1) is 18.6 Å². The fourth-order valence-corrected chi connectivity index (χ4v) is 4.17. The molecule has 0 radical (unpaired) electrons. The van der Waals surface area contributed by atoms with Gasteiger partial charge in [-0.1, -0.05) is 6.92 Å². The van der Waals surface area contributed by atoms with E-state index in [1.165, 1.54) is 0 Å². The highest BCUT2D eigenvalue weighted by molar-refractivity contribution is 9.10. The maximum absolute atomic E-state index is 14.1. The predicted octanol–water partition coefficient (Wildman–Crippen LogP) is 6.17. The number of ketones is 1. The molecule has 1 aliphatic rings. The average Bonchev–Trinajstić information content (AvgIpc) is 3.01.